The zero-order valence-corrected chi connectivity index (χ0v) is 18.0. The highest BCUT2D eigenvalue weighted by Gasteiger charge is 2.12. The molecule has 1 aliphatic heterocycles. The summed E-state index contributed by atoms with van der Waals surface area (Å²) in [6, 6.07) is 14.1. The molecule has 0 bridgehead atoms. The minimum absolute atomic E-state index is 0.0143. The van der Waals surface area contributed by atoms with Gasteiger partial charge in [0.1, 0.15) is 5.82 Å². The molecule has 4 rings (SSSR count). The van der Waals surface area contributed by atoms with Crippen LogP contribution in [0.15, 0.2) is 53.9 Å². The number of anilines is 2. The second-order valence-corrected chi connectivity index (χ2v) is 8.21. The van der Waals surface area contributed by atoms with E-state index in [1.807, 2.05) is 29.6 Å². The molecule has 0 saturated carbocycles. The summed E-state index contributed by atoms with van der Waals surface area (Å²) in [5.74, 6) is -0.245. The van der Waals surface area contributed by atoms with E-state index in [-0.39, 0.29) is 11.7 Å². The Bertz CT molecular complexity index is 1000. The zero-order chi connectivity index (χ0) is 21.5. The highest BCUT2D eigenvalue weighted by atomic mass is 32.1. The second kappa shape index (κ2) is 10.5. The molecule has 1 amide bonds. The van der Waals surface area contributed by atoms with Gasteiger partial charge in [-0.25, -0.2) is 9.37 Å². The molecule has 162 valence electrons. The van der Waals surface area contributed by atoms with E-state index in [2.05, 4.69) is 20.5 Å². The number of benzene rings is 2. The topological polar surface area (TPSA) is 66.5 Å². The van der Waals surface area contributed by atoms with Crippen molar-refractivity contribution in [2.75, 3.05) is 43.5 Å². The Morgan fingerprint density at radius 3 is 2.77 bits per heavy atom. The molecule has 2 N–H and O–H groups in total. The molecule has 8 heteroatoms. The van der Waals surface area contributed by atoms with Crippen LogP contribution in [0.3, 0.4) is 0 Å². The molecule has 0 atom stereocenters. The molecule has 1 aliphatic rings. The van der Waals surface area contributed by atoms with Crippen LogP contribution in [-0.2, 0) is 16.1 Å². The van der Waals surface area contributed by atoms with Gasteiger partial charge in [0.2, 0.25) is 5.91 Å². The van der Waals surface area contributed by atoms with Gasteiger partial charge < -0.3 is 15.4 Å². The molecular formula is C23H25FN4O2S. The van der Waals surface area contributed by atoms with Crippen LogP contribution in [0, 0.1) is 5.82 Å². The van der Waals surface area contributed by atoms with E-state index >= 15 is 0 Å². The van der Waals surface area contributed by atoms with E-state index in [1.165, 1.54) is 23.5 Å². The Hall–Kier alpha value is -2.81. The summed E-state index contributed by atoms with van der Waals surface area (Å²) >= 11 is 1.50. The first-order valence-corrected chi connectivity index (χ1v) is 11.2. The molecule has 6 nitrogen and oxygen atoms in total. The van der Waals surface area contributed by atoms with Crippen LogP contribution in [0.2, 0.25) is 0 Å². The first-order chi connectivity index (χ1) is 15.2. The molecule has 31 heavy (non-hydrogen) atoms. The van der Waals surface area contributed by atoms with Crippen LogP contribution in [0.5, 0.6) is 0 Å². The fraction of sp³-hybridized carbons (Fsp3) is 0.304. The highest BCUT2D eigenvalue weighted by Crippen LogP contribution is 2.25. The van der Waals surface area contributed by atoms with Gasteiger partial charge in [-0.2, -0.15) is 0 Å². The number of thiazole rings is 1. The van der Waals surface area contributed by atoms with Crippen LogP contribution >= 0.6 is 11.3 Å². The Kier molecular flexibility index (Phi) is 7.24. The first kappa shape index (κ1) is 21.4. The van der Waals surface area contributed by atoms with Crippen molar-refractivity contribution in [2.45, 2.75) is 13.0 Å². The Balaban J connectivity index is 1.27. The van der Waals surface area contributed by atoms with Gasteiger partial charge in [0.25, 0.3) is 0 Å². The second-order valence-electron chi connectivity index (χ2n) is 7.35. The number of carbonyl (C=O) groups excluding carboxylic acids is 1. The summed E-state index contributed by atoms with van der Waals surface area (Å²) in [6.45, 7) is 4.58. The third-order valence-corrected chi connectivity index (χ3v) is 5.86. The number of halogens is 1. The number of hydrogen-bond acceptors (Lipinski definition) is 6. The first-order valence-electron chi connectivity index (χ1n) is 10.3. The number of nitrogens with zero attached hydrogens (tertiary/aromatic N) is 2. The number of carbonyl (C=O) groups is 1. The summed E-state index contributed by atoms with van der Waals surface area (Å²) in [5, 5.41) is 9.03. The predicted octanol–water partition coefficient (Wildman–Crippen LogP) is 4.22. The van der Waals surface area contributed by atoms with Crippen molar-refractivity contribution in [3.05, 3.63) is 65.3 Å². The highest BCUT2D eigenvalue weighted by molar-refractivity contribution is 7.14. The summed E-state index contributed by atoms with van der Waals surface area (Å²) in [4.78, 5) is 19.1. The summed E-state index contributed by atoms with van der Waals surface area (Å²) < 4.78 is 18.4. The smallest absolute Gasteiger partial charge is 0.225 e. The van der Waals surface area contributed by atoms with E-state index in [9.17, 15) is 9.18 Å². The molecule has 1 fully saturated rings. The van der Waals surface area contributed by atoms with E-state index in [0.717, 1.165) is 60.5 Å². The number of hydrogen-bond donors (Lipinski definition) is 2. The largest absolute Gasteiger partial charge is 0.379 e. The van der Waals surface area contributed by atoms with Crippen molar-refractivity contribution in [3.8, 4) is 11.3 Å². The van der Waals surface area contributed by atoms with Gasteiger partial charge in [-0.05, 0) is 42.0 Å². The SMILES string of the molecule is O=C(CCN1CCOCC1)Nc1cccc(CNc2nc(-c3ccc(F)cc3)cs2)c1. The summed E-state index contributed by atoms with van der Waals surface area (Å²) in [5.41, 5.74) is 3.53. The standard InChI is InChI=1S/C23H25FN4O2S/c24-19-6-4-18(5-7-19)21-16-31-23(27-21)25-15-17-2-1-3-20(14-17)26-22(29)8-9-28-10-12-30-13-11-28/h1-7,14,16H,8-13,15H2,(H,25,27)(H,26,29). The van der Waals surface area contributed by atoms with Crippen LogP contribution in [0.1, 0.15) is 12.0 Å². The van der Waals surface area contributed by atoms with Gasteiger partial charge in [-0.15, -0.1) is 11.3 Å². The lowest BCUT2D eigenvalue weighted by Gasteiger charge is -2.26. The maximum absolute atomic E-state index is 13.1. The molecule has 0 spiro atoms. The minimum Gasteiger partial charge on any atom is -0.379 e. The average molecular weight is 441 g/mol. The third-order valence-electron chi connectivity index (χ3n) is 5.06. The molecule has 2 heterocycles. The third kappa shape index (κ3) is 6.33. The van der Waals surface area contributed by atoms with Crippen molar-refractivity contribution in [1.82, 2.24) is 9.88 Å². The van der Waals surface area contributed by atoms with Crippen molar-refractivity contribution >= 4 is 28.1 Å². The van der Waals surface area contributed by atoms with Gasteiger partial charge in [0.15, 0.2) is 5.13 Å². The normalized spacial score (nSPS) is 14.4. The number of aromatic nitrogens is 1. The number of rotatable bonds is 8. The number of morpholine rings is 1. The lowest BCUT2D eigenvalue weighted by atomic mass is 10.2. The maximum atomic E-state index is 13.1. The Morgan fingerprint density at radius 1 is 1.16 bits per heavy atom. The number of nitrogens with one attached hydrogen (secondary N) is 2. The number of ether oxygens (including phenoxy) is 1. The molecule has 0 radical (unpaired) electrons. The van der Waals surface area contributed by atoms with Gasteiger partial charge in [0, 0.05) is 49.2 Å². The molecule has 2 aromatic carbocycles. The van der Waals surface area contributed by atoms with Crippen LogP contribution in [0.4, 0.5) is 15.2 Å². The number of amides is 1. The van der Waals surface area contributed by atoms with E-state index in [4.69, 9.17) is 4.74 Å². The van der Waals surface area contributed by atoms with Gasteiger partial charge in [-0.3, -0.25) is 9.69 Å². The summed E-state index contributed by atoms with van der Waals surface area (Å²) in [6.07, 6.45) is 0.466. The summed E-state index contributed by atoms with van der Waals surface area (Å²) in [7, 11) is 0. The Morgan fingerprint density at radius 2 is 1.97 bits per heavy atom. The van der Waals surface area contributed by atoms with E-state index in [1.54, 1.807) is 12.1 Å². The van der Waals surface area contributed by atoms with Crippen LogP contribution in [0.25, 0.3) is 11.3 Å². The van der Waals surface area contributed by atoms with Crippen LogP contribution in [-0.4, -0.2) is 48.6 Å². The predicted molar refractivity (Wildman–Crippen MR) is 122 cm³/mol. The molecule has 3 aromatic rings. The van der Waals surface area contributed by atoms with Crippen molar-refractivity contribution in [2.24, 2.45) is 0 Å². The maximum Gasteiger partial charge on any atom is 0.225 e. The molecular weight excluding hydrogens is 415 g/mol. The lowest BCUT2D eigenvalue weighted by molar-refractivity contribution is -0.116. The van der Waals surface area contributed by atoms with Gasteiger partial charge >= 0.3 is 0 Å². The molecule has 1 aromatic heterocycles. The minimum atomic E-state index is -0.259. The Labute approximate surface area is 185 Å². The fourth-order valence-corrected chi connectivity index (χ4v) is 4.07. The van der Waals surface area contributed by atoms with Crippen molar-refractivity contribution < 1.29 is 13.9 Å². The van der Waals surface area contributed by atoms with E-state index < -0.39 is 0 Å². The quantitative estimate of drug-likeness (QED) is 0.549. The molecule has 0 aliphatic carbocycles. The van der Waals surface area contributed by atoms with Crippen molar-refractivity contribution in [3.63, 3.8) is 0 Å². The fourth-order valence-electron chi connectivity index (χ4n) is 3.35. The average Bonchev–Trinajstić information content (AvgIpc) is 3.27. The molecule has 0 unspecified atom stereocenters. The van der Waals surface area contributed by atoms with E-state index in [0.29, 0.717) is 13.0 Å². The van der Waals surface area contributed by atoms with Crippen molar-refractivity contribution in [1.29, 1.82) is 0 Å². The zero-order valence-electron chi connectivity index (χ0n) is 17.1. The van der Waals surface area contributed by atoms with Crippen LogP contribution < -0.4 is 10.6 Å². The lowest BCUT2D eigenvalue weighted by Crippen LogP contribution is -2.38. The van der Waals surface area contributed by atoms with Gasteiger partial charge in [0.05, 0.1) is 18.9 Å². The molecule has 1 saturated heterocycles. The monoisotopic (exact) mass is 440 g/mol. The van der Waals surface area contributed by atoms with Gasteiger partial charge in [-0.1, -0.05) is 12.1 Å².